The highest BCUT2D eigenvalue weighted by atomic mass is 19.1. The maximum absolute atomic E-state index is 13.5. The number of urea groups is 1. The second kappa shape index (κ2) is 6.93. The predicted molar refractivity (Wildman–Crippen MR) is 91.6 cm³/mol. The largest absolute Gasteiger partial charge is 0.332 e. The van der Waals surface area contributed by atoms with E-state index in [2.05, 4.69) is 15.7 Å². The molecule has 1 heterocycles. The number of nitrogens with zero attached hydrogens (tertiary/aromatic N) is 3. The van der Waals surface area contributed by atoms with E-state index in [9.17, 15) is 9.18 Å². The first-order chi connectivity index (χ1) is 12.0. The summed E-state index contributed by atoms with van der Waals surface area (Å²) in [6.07, 6.45) is 4.33. The number of benzene rings is 1. The quantitative estimate of drug-likeness (QED) is 0.900. The number of halogens is 1. The Hall–Kier alpha value is -2.88. The van der Waals surface area contributed by atoms with Gasteiger partial charge in [-0.05, 0) is 55.9 Å². The van der Waals surface area contributed by atoms with Crippen LogP contribution in [0, 0.1) is 24.1 Å². The molecule has 2 amide bonds. The highest BCUT2D eigenvalue weighted by molar-refractivity contribution is 5.90. The van der Waals surface area contributed by atoms with Crippen molar-refractivity contribution in [1.82, 2.24) is 15.1 Å². The van der Waals surface area contributed by atoms with E-state index in [1.54, 1.807) is 13.0 Å². The molecular formula is C18H20FN5O. The smallest absolute Gasteiger partial charge is 0.319 e. The standard InChI is InChI=1S/C18H20FN5O/c1-11-7-14(19)12(9-20)8-15(11)22-18(25)21-10-16-13-5-3-4-6-17(13)24(2)23-16/h7-8H,3-6,10H2,1-2H3,(H2,21,22,25). The van der Waals surface area contributed by atoms with Gasteiger partial charge in [-0.1, -0.05) is 0 Å². The summed E-state index contributed by atoms with van der Waals surface area (Å²) in [5.41, 5.74) is 4.25. The molecule has 0 atom stereocenters. The van der Waals surface area contributed by atoms with Gasteiger partial charge in [0.15, 0.2) is 0 Å². The van der Waals surface area contributed by atoms with Gasteiger partial charge in [0.2, 0.25) is 0 Å². The molecule has 3 rings (SSSR count). The zero-order valence-electron chi connectivity index (χ0n) is 14.3. The van der Waals surface area contributed by atoms with Crippen molar-refractivity contribution < 1.29 is 9.18 Å². The Labute approximate surface area is 145 Å². The van der Waals surface area contributed by atoms with Gasteiger partial charge in [-0.3, -0.25) is 4.68 Å². The molecule has 0 radical (unpaired) electrons. The Morgan fingerprint density at radius 2 is 2.16 bits per heavy atom. The van der Waals surface area contributed by atoms with Crippen LogP contribution >= 0.6 is 0 Å². The van der Waals surface area contributed by atoms with Crippen molar-refractivity contribution in [2.75, 3.05) is 5.32 Å². The number of carbonyl (C=O) groups excluding carboxylic acids is 1. The van der Waals surface area contributed by atoms with Gasteiger partial charge in [-0.2, -0.15) is 10.4 Å². The normalized spacial score (nSPS) is 13.0. The lowest BCUT2D eigenvalue weighted by atomic mass is 9.96. The first kappa shape index (κ1) is 17.0. The second-order valence-corrected chi connectivity index (χ2v) is 6.27. The average Bonchev–Trinajstić information content (AvgIpc) is 2.92. The van der Waals surface area contributed by atoms with Crippen LogP contribution in [-0.4, -0.2) is 15.8 Å². The fraction of sp³-hybridized carbons (Fsp3) is 0.389. The molecule has 0 bridgehead atoms. The molecule has 1 aliphatic rings. The van der Waals surface area contributed by atoms with Crippen LogP contribution in [-0.2, 0) is 26.4 Å². The molecule has 25 heavy (non-hydrogen) atoms. The van der Waals surface area contributed by atoms with E-state index >= 15 is 0 Å². The molecule has 0 spiro atoms. The number of hydrogen-bond acceptors (Lipinski definition) is 3. The monoisotopic (exact) mass is 341 g/mol. The van der Waals surface area contributed by atoms with Gasteiger partial charge in [0.25, 0.3) is 0 Å². The molecule has 0 aliphatic heterocycles. The summed E-state index contributed by atoms with van der Waals surface area (Å²) in [6.45, 7) is 2.01. The fourth-order valence-electron chi connectivity index (χ4n) is 3.22. The summed E-state index contributed by atoms with van der Waals surface area (Å²) in [7, 11) is 1.93. The van der Waals surface area contributed by atoms with Crippen molar-refractivity contribution in [3.05, 3.63) is 46.0 Å². The summed E-state index contributed by atoms with van der Waals surface area (Å²) in [6, 6.07) is 3.94. The predicted octanol–water partition coefficient (Wildman–Crippen LogP) is 2.94. The summed E-state index contributed by atoms with van der Waals surface area (Å²) >= 11 is 0. The maximum Gasteiger partial charge on any atom is 0.319 e. The molecule has 130 valence electrons. The van der Waals surface area contributed by atoms with Crippen LogP contribution in [0.15, 0.2) is 12.1 Å². The van der Waals surface area contributed by atoms with E-state index in [0.717, 1.165) is 25.0 Å². The lowest BCUT2D eigenvalue weighted by Crippen LogP contribution is -2.29. The number of aromatic nitrogens is 2. The zero-order valence-corrected chi connectivity index (χ0v) is 14.3. The van der Waals surface area contributed by atoms with Gasteiger partial charge in [0, 0.05) is 18.4 Å². The first-order valence-corrected chi connectivity index (χ1v) is 8.28. The third-order valence-electron chi connectivity index (χ3n) is 4.55. The highest BCUT2D eigenvalue weighted by Gasteiger charge is 2.19. The van der Waals surface area contributed by atoms with Crippen molar-refractivity contribution in [1.29, 1.82) is 5.26 Å². The maximum atomic E-state index is 13.5. The van der Waals surface area contributed by atoms with Crippen molar-refractivity contribution in [3.8, 4) is 6.07 Å². The molecular weight excluding hydrogens is 321 g/mol. The Morgan fingerprint density at radius 3 is 2.92 bits per heavy atom. The van der Waals surface area contributed by atoms with Gasteiger partial charge >= 0.3 is 6.03 Å². The van der Waals surface area contributed by atoms with Crippen molar-refractivity contribution in [2.24, 2.45) is 7.05 Å². The minimum absolute atomic E-state index is 0.0975. The van der Waals surface area contributed by atoms with Crippen molar-refractivity contribution in [2.45, 2.75) is 39.2 Å². The highest BCUT2D eigenvalue weighted by Crippen LogP contribution is 2.24. The molecule has 1 aromatic carbocycles. The molecule has 2 N–H and O–H groups in total. The molecule has 0 saturated carbocycles. The van der Waals surface area contributed by atoms with Crippen LogP contribution in [0.5, 0.6) is 0 Å². The van der Waals surface area contributed by atoms with Crippen LogP contribution < -0.4 is 10.6 Å². The Morgan fingerprint density at radius 1 is 1.40 bits per heavy atom. The van der Waals surface area contributed by atoms with Gasteiger partial charge in [0.1, 0.15) is 11.9 Å². The number of anilines is 1. The topological polar surface area (TPSA) is 82.7 Å². The molecule has 0 saturated heterocycles. The van der Waals surface area contributed by atoms with Crippen LogP contribution in [0.25, 0.3) is 0 Å². The molecule has 0 unspecified atom stereocenters. The summed E-state index contributed by atoms with van der Waals surface area (Å²) in [5, 5.41) is 18.9. The molecule has 7 heteroatoms. The van der Waals surface area contributed by atoms with Gasteiger partial charge in [-0.25, -0.2) is 9.18 Å². The number of hydrogen-bond donors (Lipinski definition) is 2. The number of rotatable bonds is 3. The second-order valence-electron chi connectivity index (χ2n) is 6.27. The number of carbonyl (C=O) groups is 1. The van der Waals surface area contributed by atoms with Gasteiger partial charge < -0.3 is 10.6 Å². The number of fused-ring (bicyclic) bond motifs is 1. The molecule has 0 fully saturated rings. The van der Waals surface area contributed by atoms with Crippen LogP contribution in [0.1, 0.15) is 40.9 Å². The summed E-state index contributed by atoms with van der Waals surface area (Å²) in [4.78, 5) is 12.2. The number of aryl methyl sites for hydroxylation is 2. The van der Waals surface area contributed by atoms with E-state index in [0.29, 0.717) is 17.8 Å². The fourth-order valence-corrected chi connectivity index (χ4v) is 3.22. The molecule has 1 aromatic heterocycles. The Balaban J connectivity index is 1.67. The van der Waals surface area contributed by atoms with Crippen LogP contribution in [0.3, 0.4) is 0 Å². The number of nitrogens with one attached hydrogen (secondary N) is 2. The number of amides is 2. The number of nitriles is 1. The molecule has 1 aliphatic carbocycles. The van der Waals surface area contributed by atoms with E-state index in [-0.39, 0.29) is 5.56 Å². The minimum Gasteiger partial charge on any atom is -0.332 e. The summed E-state index contributed by atoms with van der Waals surface area (Å²) in [5.74, 6) is -0.592. The SMILES string of the molecule is Cc1cc(F)c(C#N)cc1NC(=O)NCc1nn(C)c2c1CCCC2. The van der Waals surface area contributed by atoms with Gasteiger partial charge in [-0.15, -0.1) is 0 Å². The van der Waals surface area contributed by atoms with Gasteiger partial charge in [0.05, 0.1) is 17.8 Å². The third-order valence-corrected chi connectivity index (χ3v) is 4.55. The van der Waals surface area contributed by atoms with Crippen LogP contribution in [0.2, 0.25) is 0 Å². The minimum atomic E-state index is -0.592. The van der Waals surface area contributed by atoms with Crippen molar-refractivity contribution in [3.63, 3.8) is 0 Å². The van der Waals surface area contributed by atoms with E-state index in [4.69, 9.17) is 5.26 Å². The van der Waals surface area contributed by atoms with E-state index in [1.807, 2.05) is 11.7 Å². The lowest BCUT2D eigenvalue weighted by molar-refractivity contribution is 0.251. The Kier molecular flexibility index (Phi) is 4.70. The summed E-state index contributed by atoms with van der Waals surface area (Å²) < 4.78 is 15.4. The Bertz CT molecular complexity index is 865. The lowest BCUT2D eigenvalue weighted by Gasteiger charge is -2.13. The first-order valence-electron chi connectivity index (χ1n) is 8.28. The van der Waals surface area contributed by atoms with Crippen LogP contribution in [0.4, 0.5) is 14.9 Å². The third kappa shape index (κ3) is 3.48. The average molecular weight is 341 g/mol. The van der Waals surface area contributed by atoms with Crippen molar-refractivity contribution >= 4 is 11.7 Å². The molecule has 2 aromatic rings. The molecule has 6 nitrogen and oxygen atoms in total. The van der Waals surface area contributed by atoms with E-state index < -0.39 is 11.8 Å². The van der Waals surface area contributed by atoms with E-state index in [1.165, 1.54) is 29.8 Å². The zero-order chi connectivity index (χ0) is 18.0.